The van der Waals surface area contributed by atoms with Crippen LogP contribution in [0.1, 0.15) is 31.7 Å². The van der Waals surface area contributed by atoms with Crippen LogP contribution in [-0.2, 0) is 10.2 Å². The van der Waals surface area contributed by atoms with Crippen molar-refractivity contribution in [3.05, 3.63) is 35.9 Å². The fourth-order valence-electron chi connectivity index (χ4n) is 3.58. The predicted molar refractivity (Wildman–Crippen MR) is 84.5 cm³/mol. The summed E-state index contributed by atoms with van der Waals surface area (Å²) < 4.78 is 0. The third-order valence-electron chi connectivity index (χ3n) is 4.92. The van der Waals surface area contributed by atoms with Gasteiger partial charge in [-0.3, -0.25) is 9.69 Å². The molecule has 0 bridgehead atoms. The molecular weight excluding hydrogens is 278 g/mol. The maximum Gasteiger partial charge on any atom is 0.324 e. The van der Waals surface area contributed by atoms with Crippen molar-refractivity contribution in [3.8, 4) is 0 Å². The van der Waals surface area contributed by atoms with Gasteiger partial charge in [-0.2, -0.15) is 0 Å². The van der Waals surface area contributed by atoms with E-state index in [1.165, 1.54) is 10.5 Å². The van der Waals surface area contributed by atoms with E-state index in [-0.39, 0.29) is 23.9 Å². The van der Waals surface area contributed by atoms with Gasteiger partial charge in [0.1, 0.15) is 0 Å². The lowest BCUT2D eigenvalue weighted by Crippen LogP contribution is -2.39. The van der Waals surface area contributed by atoms with Gasteiger partial charge in [0.15, 0.2) is 0 Å². The zero-order valence-corrected chi connectivity index (χ0v) is 13.0. The average molecular weight is 301 g/mol. The first-order valence-electron chi connectivity index (χ1n) is 7.96. The van der Waals surface area contributed by atoms with Crippen LogP contribution in [0, 0.1) is 0 Å². The van der Waals surface area contributed by atoms with Gasteiger partial charge in [-0.05, 0) is 30.2 Å². The zero-order valence-electron chi connectivity index (χ0n) is 13.0. The molecule has 0 aromatic heterocycles. The van der Waals surface area contributed by atoms with Crippen LogP contribution in [0.15, 0.2) is 30.3 Å². The molecule has 1 aliphatic carbocycles. The number of imide groups is 1. The van der Waals surface area contributed by atoms with Crippen molar-refractivity contribution in [2.24, 2.45) is 0 Å². The Kier molecular flexibility index (Phi) is 4.16. The van der Waals surface area contributed by atoms with Gasteiger partial charge in [0.2, 0.25) is 5.91 Å². The summed E-state index contributed by atoms with van der Waals surface area (Å²) in [6.07, 6.45) is 3.39. The lowest BCUT2D eigenvalue weighted by molar-refractivity contribution is -0.124. The van der Waals surface area contributed by atoms with Gasteiger partial charge in [-0.1, -0.05) is 37.3 Å². The number of carbonyl (C=O) groups is 2. The van der Waals surface area contributed by atoms with Gasteiger partial charge >= 0.3 is 6.03 Å². The van der Waals surface area contributed by atoms with E-state index in [0.717, 1.165) is 19.3 Å². The summed E-state index contributed by atoms with van der Waals surface area (Å²) in [6.45, 7) is 3.56. The molecule has 5 heteroatoms. The van der Waals surface area contributed by atoms with Crippen molar-refractivity contribution in [1.29, 1.82) is 0 Å². The van der Waals surface area contributed by atoms with Gasteiger partial charge in [0.25, 0.3) is 0 Å². The van der Waals surface area contributed by atoms with Gasteiger partial charge in [-0.25, -0.2) is 4.79 Å². The third kappa shape index (κ3) is 2.99. The summed E-state index contributed by atoms with van der Waals surface area (Å²) in [6, 6.07) is 10.8. The predicted octanol–water partition coefficient (Wildman–Crippen LogP) is 1.64. The lowest BCUT2D eigenvalue weighted by Gasteiger charge is -2.25. The number of benzene rings is 1. The Hall–Kier alpha value is -1.88. The highest BCUT2D eigenvalue weighted by Crippen LogP contribution is 2.40. The normalized spacial score (nSPS) is 28.2. The quantitative estimate of drug-likeness (QED) is 0.813. The van der Waals surface area contributed by atoms with Gasteiger partial charge in [-0.15, -0.1) is 0 Å². The lowest BCUT2D eigenvalue weighted by atomic mass is 9.81. The van der Waals surface area contributed by atoms with Crippen LogP contribution in [0.3, 0.4) is 0 Å². The van der Waals surface area contributed by atoms with Crippen LogP contribution in [0.25, 0.3) is 0 Å². The SMILES string of the molecule is C[C@]1(c2ccccc2)CC[C@H](NCCN2C(=O)CNC2=O)C1. The maximum atomic E-state index is 11.5. The van der Waals surface area contributed by atoms with Crippen molar-refractivity contribution in [2.75, 3.05) is 19.6 Å². The second-order valence-corrected chi connectivity index (χ2v) is 6.52. The number of urea groups is 1. The highest BCUT2D eigenvalue weighted by atomic mass is 16.2. The number of carbonyl (C=O) groups excluding carboxylic acids is 2. The molecule has 22 heavy (non-hydrogen) atoms. The minimum atomic E-state index is -0.271. The minimum absolute atomic E-state index is 0.132. The summed E-state index contributed by atoms with van der Waals surface area (Å²) in [5, 5.41) is 6.04. The van der Waals surface area contributed by atoms with Gasteiger partial charge < -0.3 is 10.6 Å². The van der Waals surface area contributed by atoms with Crippen molar-refractivity contribution in [2.45, 2.75) is 37.6 Å². The first kappa shape index (κ1) is 15.0. The molecule has 1 aromatic rings. The second kappa shape index (κ2) is 6.08. The number of nitrogens with one attached hydrogen (secondary N) is 2. The second-order valence-electron chi connectivity index (χ2n) is 6.52. The Balaban J connectivity index is 1.49. The van der Waals surface area contributed by atoms with E-state index in [2.05, 4.69) is 47.9 Å². The summed E-state index contributed by atoms with van der Waals surface area (Å²) in [4.78, 5) is 24.3. The average Bonchev–Trinajstić information content (AvgIpc) is 3.06. The molecule has 2 N–H and O–H groups in total. The van der Waals surface area contributed by atoms with Gasteiger partial charge in [0.05, 0.1) is 6.54 Å². The standard InChI is InChI=1S/C17H23N3O2/c1-17(13-5-3-2-4-6-13)8-7-14(11-17)18-9-10-20-15(21)12-19-16(20)22/h2-6,14,18H,7-12H2,1H3,(H,19,22)/t14-,17-/m0/s1. The fourth-order valence-corrected chi connectivity index (χ4v) is 3.58. The van der Waals surface area contributed by atoms with E-state index < -0.39 is 0 Å². The van der Waals surface area contributed by atoms with E-state index in [0.29, 0.717) is 19.1 Å². The highest BCUT2D eigenvalue weighted by Gasteiger charge is 2.36. The molecule has 2 atom stereocenters. The largest absolute Gasteiger partial charge is 0.329 e. The molecule has 3 amide bonds. The van der Waals surface area contributed by atoms with Crippen LogP contribution in [-0.4, -0.2) is 42.5 Å². The van der Waals surface area contributed by atoms with Crippen LogP contribution in [0.2, 0.25) is 0 Å². The number of nitrogens with zero attached hydrogens (tertiary/aromatic N) is 1. The van der Waals surface area contributed by atoms with Crippen LogP contribution >= 0.6 is 0 Å². The molecule has 0 unspecified atom stereocenters. The van der Waals surface area contributed by atoms with Crippen LogP contribution in [0.4, 0.5) is 4.79 Å². The summed E-state index contributed by atoms with van der Waals surface area (Å²) in [5.41, 5.74) is 1.62. The number of amides is 3. The van der Waals surface area contributed by atoms with E-state index in [4.69, 9.17) is 0 Å². The molecular formula is C17H23N3O2. The minimum Gasteiger partial charge on any atom is -0.329 e. The number of hydrogen-bond acceptors (Lipinski definition) is 3. The van der Waals surface area contributed by atoms with Crippen molar-refractivity contribution < 1.29 is 9.59 Å². The molecule has 1 aromatic carbocycles. The molecule has 118 valence electrons. The molecule has 0 spiro atoms. The Morgan fingerprint density at radius 1 is 1.32 bits per heavy atom. The van der Waals surface area contributed by atoms with Crippen LogP contribution in [0.5, 0.6) is 0 Å². The Morgan fingerprint density at radius 3 is 2.77 bits per heavy atom. The maximum absolute atomic E-state index is 11.5. The Morgan fingerprint density at radius 2 is 2.09 bits per heavy atom. The Bertz CT molecular complexity index is 544. The molecule has 1 aliphatic heterocycles. The Labute approximate surface area is 131 Å². The number of hydrogen-bond donors (Lipinski definition) is 2. The van der Waals surface area contributed by atoms with E-state index in [9.17, 15) is 9.59 Å². The monoisotopic (exact) mass is 301 g/mol. The molecule has 3 rings (SSSR count). The van der Waals surface area contributed by atoms with Crippen molar-refractivity contribution in [3.63, 3.8) is 0 Å². The molecule has 0 radical (unpaired) electrons. The van der Waals surface area contributed by atoms with E-state index >= 15 is 0 Å². The fraction of sp³-hybridized carbons (Fsp3) is 0.529. The molecule has 1 saturated heterocycles. The highest BCUT2D eigenvalue weighted by molar-refractivity contribution is 6.01. The van der Waals surface area contributed by atoms with E-state index in [1.807, 2.05) is 0 Å². The summed E-state index contributed by atoms with van der Waals surface area (Å²) in [7, 11) is 0. The van der Waals surface area contributed by atoms with Crippen LogP contribution < -0.4 is 10.6 Å². The summed E-state index contributed by atoms with van der Waals surface area (Å²) >= 11 is 0. The zero-order chi connectivity index (χ0) is 15.6. The molecule has 1 heterocycles. The van der Waals surface area contributed by atoms with Crippen molar-refractivity contribution >= 4 is 11.9 Å². The first-order valence-corrected chi connectivity index (χ1v) is 7.96. The molecule has 1 saturated carbocycles. The van der Waals surface area contributed by atoms with E-state index in [1.54, 1.807) is 0 Å². The van der Waals surface area contributed by atoms with Crippen molar-refractivity contribution in [1.82, 2.24) is 15.5 Å². The molecule has 2 fully saturated rings. The third-order valence-corrected chi connectivity index (χ3v) is 4.92. The van der Waals surface area contributed by atoms with Gasteiger partial charge in [0, 0.05) is 19.1 Å². The topological polar surface area (TPSA) is 61.4 Å². The summed E-state index contributed by atoms with van der Waals surface area (Å²) in [5.74, 6) is -0.132. The number of rotatable bonds is 5. The first-order chi connectivity index (χ1) is 10.6. The molecule has 5 nitrogen and oxygen atoms in total. The molecule has 2 aliphatic rings. The smallest absolute Gasteiger partial charge is 0.324 e.